The lowest BCUT2D eigenvalue weighted by atomic mass is 9.33. The van der Waals surface area contributed by atoms with Gasteiger partial charge in [-0.15, -0.1) is 0 Å². The summed E-state index contributed by atoms with van der Waals surface area (Å²) in [5, 5.41) is 7.31. The van der Waals surface area contributed by atoms with Crippen molar-refractivity contribution < 1.29 is 4.74 Å². The maximum absolute atomic E-state index is 7.36. The molecule has 0 N–H and O–H groups in total. The van der Waals surface area contributed by atoms with Gasteiger partial charge in [0.2, 0.25) is 0 Å². The lowest BCUT2D eigenvalue weighted by Gasteiger charge is -2.42. The first kappa shape index (κ1) is 32.6. The van der Waals surface area contributed by atoms with Crippen molar-refractivity contribution in [3.63, 3.8) is 0 Å². The van der Waals surface area contributed by atoms with E-state index in [2.05, 4.69) is 213 Å². The molecule has 9 aromatic carbocycles. The van der Waals surface area contributed by atoms with Gasteiger partial charge in [0.25, 0.3) is 6.71 Å². The van der Waals surface area contributed by atoms with Crippen LogP contribution in [0.4, 0.5) is 34.1 Å². The Morgan fingerprint density at radius 1 is 0.464 bits per heavy atom. The van der Waals surface area contributed by atoms with Gasteiger partial charge in [-0.05, 0) is 109 Å². The third kappa shape index (κ3) is 4.99. The molecule has 0 aliphatic carbocycles. The fraction of sp³-hybridized carbons (Fsp3) is 0.0769. The van der Waals surface area contributed by atoms with Crippen LogP contribution in [-0.2, 0) is 5.41 Å². The lowest BCUT2D eigenvalue weighted by molar-refractivity contribution is 0.484. The smallest absolute Gasteiger partial charge is 0.258 e. The Bertz CT molecular complexity index is 2970. The summed E-state index contributed by atoms with van der Waals surface area (Å²) in [6.45, 7) is 6.81. The summed E-state index contributed by atoms with van der Waals surface area (Å²) in [6.07, 6.45) is 0. The summed E-state index contributed by atoms with van der Waals surface area (Å²) in [5.41, 5.74) is 11.6. The van der Waals surface area contributed by atoms with E-state index in [0.29, 0.717) is 0 Å². The van der Waals surface area contributed by atoms with E-state index in [1.165, 1.54) is 65.6 Å². The Balaban J connectivity index is 1.25. The van der Waals surface area contributed by atoms with Gasteiger partial charge in [-0.25, -0.2) is 0 Å². The maximum atomic E-state index is 7.36. The van der Waals surface area contributed by atoms with Crippen molar-refractivity contribution in [1.29, 1.82) is 0 Å². The topological polar surface area (TPSA) is 15.7 Å². The highest BCUT2D eigenvalue weighted by Crippen LogP contribution is 2.47. The van der Waals surface area contributed by atoms with Gasteiger partial charge in [0, 0.05) is 39.9 Å². The first-order valence-corrected chi connectivity index (χ1v) is 19.6. The monoisotopic (exact) mass is 718 g/mol. The van der Waals surface area contributed by atoms with Crippen LogP contribution in [0.25, 0.3) is 32.3 Å². The first-order valence-electron chi connectivity index (χ1n) is 19.6. The molecule has 0 atom stereocenters. The Kier molecular flexibility index (Phi) is 7.21. The number of benzene rings is 9. The summed E-state index contributed by atoms with van der Waals surface area (Å²) in [7, 11) is 0. The zero-order valence-electron chi connectivity index (χ0n) is 31.7. The second-order valence-corrected chi connectivity index (χ2v) is 16.1. The van der Waals surface area contributed by atoms with E-state index < -0.39 is 0 Å². The van der Waals surface area contributed by atoms with Crippen LogP contribution in [0.2, 0.25) is 0 Å². The van der Waals surface area contributed by atoms with E-state index in [4.69, 9.17) is 4.74 Å². The predicted octanol–water partition coefficient (Wildman–Crippen LogP) is 12.3. The van der Waals surface area contributed by atoms with E-state index in [1.54, 1.807) is 0 Å². The molecule has 0 bridgehead atoms. The second kappa shape index (κ2) is 12.4. The van der Waals surface area contributed by atoms with Gasteiger partial charge in [0.05, 0.1) is 5.69 Å². The molecule has 11 rings (SSSR count). The highest BCUT2D eigenvalue weighted by atomic mass is 16.5. The minimum Gasteiger partial charge on any atom is -0.458 e. The number of hydrogen-bond donors (Lipinski definition) is 0. The molecule has 2 aliphatic heterocycles. The van der Waals surface area contributed by atoms with E-state index in [1.807, 2.05) is 0 Å². The zero-order valence-corrected chi connectivity index (χ0v) is 31.7. The number of rotatable bonds is 4. The number of hydrogen-bond acceptors (Lipinski definition) is 3. The molecular formula is C52H39BN2O. The van der Waals surface area contributed by atoms with Crippen LogP contribution in [0, 0.1) is 0 Å². The Labute approximate surface area is 328 Å². The summed E-state index contributed by atoms with van der Waals surface area (Å²) in [5.74, 6) is 1.81. The van der Waals surface area contributed by atoms with Crippen LogP contribution in [-0.4, -0.2) is 6.71 Å². The molecule has 0 fully saturated rings. The van der Waals surface area contributed by atoms with E-state index in [9.17, 15) is 0 Å². The highest BCUT2D eigenvalue weighted by molar-refractivity contribution is 7.02. The van der Waals surface area contributed by atoms with Gasteiger partial charge in [-0.1, -0.05) is 142 Å². The Hall–Kier alpha value is -6.78. The summed E-state index contributed by atoms with van der Waals surface area (Å²) in [6, 6.07) is 66.3. The number of para-hydroxylation sites is 2. The molecule has 3 nitrogen and oxygen atoms in total. The van der Waals surface area contributed by atoms with Crippen LogP contribution in [0.5, 0.6) is 11.5 Å². The summed E-state index contributed by atoms with van der Waals surface area (Å²) >= 11 is 0. The molecule has 56 heavy (non-hydrogen) atoms. The molecule has 4 heteroatoms. The van der Waals surface area contributed by atoms with Gasteiger partial charge >= 0.3 is 0 Å². The average molecular weight is 719 g/mol. The maximum Gasteiger partial charge on any atom is 0.258 e. The minimum absolute atomic E-state index is 0.0728. The molecule has 0 saturated heterocycles. The SMILES string of the molecule is CC(C)(C)c1cc2c3c(c1)N(c1ccc4ccccc4c1)c1ccc4ccccc4c1B3c1c(cc(N(c3ccccc3)c3ccccc3)c3ccccc13)O2. The summed E-state index contributed by atoms with van der Waals surface area (Å²) < 4.78 is 7.36. The Morgan fingerprint density at radius 3 is 1.77 bits per heavy atom. The van der Waals surface area contributed by atoms with Crippen LogP contribution in [0.1, 0.15) is 26.3 Å². The largest absolute Gasteiger partial charge is 0.458 e. The van der Waals surface area contributed by atoms with Gasteiger partial charge in [0.15, 0.2) is 0 Å². The molecule has 0 saturated carbocycles. The van der Waals surface area contributed by atoms with Crippen molar-refractivity contribution in [1.82, 2.24) is 0 Å². The van der Waals surface area contributed by atoms with Crippen molar-refractivity contribution in [2.24, 2.45) is 0 Å². The first-order chi connectivity index (χ1) is 27.4. The Morgan fingerprint density at radius 2 is 1.05 bits per heavy atom. The molecule has 0 unspecified atom stereocenters. The molecule has 0 aromatic heterocycles. The fourth-order valence-electron chi connectivity index (χ4n) is 9.16. The van der Waals surface area contributed by atoms with Crippen LogP contribution >= 0.6 is 0 Å². The molecule has 0 spiro atoms. The highest BCUT2D eigenvalue weighted by Gasteiger charge is 2.45. The van der Waals surface area contributed by atoms with E-state index in [0.717, 1.165) is 34.2 Å². The number of ether oxygens (including phenoxy) is 1. The molecule has 266 valence electrons. The van der Waals surface area contributed by atoms with Crippen LogP contribution < -0.4 is 30.9 Å². The quantitative estimate of drug-likeness (QED) is 0.169. The van der Waals surface area contributed by atoms with Crippen molar-refractivity contribution in [3.8, 4) is 11.5 Å². The third-order valence-corrected chi connectivity index (χ3v) is 11.8. The minimum atomic E-state index is -0.116. The molecule has 0 radical (unpaired) electrons. The van der Waals surface area contributed by atoms with Crippen molar-refractivity contribution in [2.75, 3.05) is 9.80 Å². The van der Waals surface area contributed by atoms with Gasteiger partial charge < -0.3 is 14.5 Å². The lowest BCUT2D eigenvalue weighted by Crippen LogP contribution is -2.60. The molecule has 2 heterocycles. The van der Waals surface area contributed by atoms with Crippen LogP contribution in [0.15, 0.2) is 182 Å². The third-order valence-electron chi connectivity index (χ3n) is 11.8. The molecule has 0 amide bonds. The normalized spacial score (nSPS) is 13.0. The number of fused-ring (bicyclic) bond motifs is 9. The molecular weight excluding hydrogens is 679 g/mol. The van der Waals surface area contributed by atoms with Crippen molar-refractivity contribution in [3.05, 3.63) is 188 Å². The van der Waals surface area contributed by atoms with E-state index in [-0.39, 0.29) is 12.1 Å². The summed E-state index contributed by atoms with van der Waals surface area (Å²) in [4.78, 5) is 4.86. The average Bonchev–Trinajstić information content (AvgIpc) is 3.23. The number of anilines is 6. The van der Waals surface area contributed by atoms with Gasteiger partial charge in [0.1, 0.15) is 11.5 Å². The van der Waals surface area contributed by atoms with Crippen molar-refractivity contribution in [2.45, 2.75) is 26.2 Å². The number of nitrogens with zero attached hydrogens (tertiary/aromatic N) is 2. The van der Waals surface area contributed by atoms with E-state index >= 15 is 0 Å². The predicted molar refractivity (Wildman–Crippen MR) is 238 cm³/mol. The standard InChI is InChI=1S/C52H39BN2O/c1-52(2,3)37-31-46-51-47(32-37)56-48-33-45(54(38-19-6-4-7-20-38)39-21-8-5-9-22-39)42-24-14-15-25-43(42)50(48)53(51)49-41-23-13-12-17-35(41)27-29-44(49)55(46)40-28-26-34-16-10-11-18-36(34)30-40/h4-33H,1-3H3. The second-order valence-electron chi connectivity index (χ2n) is 16.1. The van der Waals surface area contributed by atoms with Crippen LogP contribution in [0.3, 0.4) is 0 Å². The van der Waals surface area contributed by atoms with Gasteiger partial charge in [-0.3, -0.25) is 0 Å². The fourth-order valence-corrected chi connectivity index (χ4v) is 9.16. The zero-order chi connectivity index (χ0) is 37.5. The van der Waals surface area contributed by atoms with Crippen molar-refractivity contribution >= 4 is 89.5 Å². The molecule has 2 aliphatic rings. The molecule has 9 aromatic rings. The van der Waals surface area contributed by atoms with Gasteiger partial charge in [-0.2, -0.15) is 0 Å².